The van der Waals surface area contributed by atoms with E-state index in [4.69, 9.17) is 9.15 Å². The molecule has 10 heteroatoms. The van der Waals surface area contributed by atoms with Crippen LogP contribution in [0.3, 0.4) is 0 Å². The number of hydrogen-bond acceptors (Lipinski definition) is 7. The minimum Gasteiger partial charge on any atom is -0.460 e. The number of esters is 1. The number of carbonyl (C=O) groups excluding carboxylic acids is 2. The van der Waals surface area contributed by atoms with E-state index in [1.807, 2.05) is 17.5 Å². The first-order valence-electron chi connectivity index (χ1n) is 8.90. The molecule has 1 saturated heterocycles. The van der Waals surface area contributed by atoms with Gasteiger partial charge in [0.05, 0.1) is 13.2 Å². The van der Waals surface area contributed by atoms with Crippen LogP contribution in [-0.4, -0.2) is 55.7 Å². The lowest BCUT2D eigenvalue weighted by molar-refractivity contribution is -0.133. The van der Waals surface area contributed by atoms with E-state index in [0.717, 1.165) is 9.18 Å². The van der Waals surface area contributed by atoms with Gasteiger partial charge < -0.3 is 14.1 Å². The van der Waals surface area contributed by atoms with E-state index < -0.39 is 22.0 Å². The minimum atomic E-state index is -4.04. The summed E-state index contributed by atoms with van der Waals surface area (Å²) >= 11 is 1.54. The summed E-state index contributed by atoms with van der Waals surface area (Å²) in [7, 11) is -2.38. The Bertz CT molecular complexity index is 935. The van der Waals surface area contributed by atoms with E-state index in [1.54, 1.807) is 14.0 Å². The molecule has 1 aliphatic heterocycles. The molecule has 2 aromatic rings. The van der Waals surface area contributed by atoms with Crippen LogP contribution in [0.4, 0.5) is 0 Å². The number of rotatable bonds is 7. The fraction of sp³-hybridized carbons (Fsp3) is 0.444. The van der Waals surface area contributed by atoms with E-state index in [-0.39, 0.29) is 29.9 Å². The lowest BCUT2D eigenvalue weighted by Crippen LogP contribution is -2.46. The van der Waals surface area contributed by atoms with Gasteiger partial charge in [-0.2, -0.15) is 4.31 Å². The van der Waals surface area contributed by atoms with Crippen molar-refractivity contribution >= 4 is 33.2 Å². The van der Waals surface area contributed by atoms with Gasteiger partial charge in [0.1, 0.15) is 6.04 Å². The number of hydrogen-bond donors (Lipinski definition) is 0. The lowest BCUT2D eigenvalue weighted by Gasteiger charge is -2.26. The second-order valence-corrected chi connectivity index (χ2v) is 9.24. The van der Waals surface area contributed by atoms with Crippen molar-refractivity contribution in [2.75, 3.05) is 20.2 Å². The van der Waals surface area contributed by atoms with Crippen molar-refractivity contribution in [1.29, 1.82) is 0 Å². The molecule has 1 unspecified atom stereocenters. The zero-order valence-electron chi connectivity index (χ0n) is 15.7. The van der Waals surface area contributed by atoms with Crippen molar-refractivity contribution in [3.63, 3.8) is 0 Å². The average Bonchev–Trinajstić information content (AvgIpc) is 3.41. The van der Waals surface area contributed by atoms with Crippen molar-refractivity contribution in [1.82, 2.24) is 9.21 Å². The molecule has 0 N–H and O–H groups in total. The molecular formula is C18H22N2O6S2. The standard InChI is InChI=1S/C18H22N2O6S2/c1-3-25-18(22)15-8-9-16(26-15)28(23,24)20-10-4-7-14(20)17(21)19(2)12-13-6-5-11-27-13/h5-6,8-9,11,14H,3-4,7,10,12H2,1-2H3. The maximum atomic E-state index is 13.0. The number of furan rings is 1. The summed E-state index contributed by atoms with van der Waals surface area (Å²) in [6.07, 6.45) is 1.02. The highest BCUT2D eigenvalue weighted by Crippen LogP contribution is 2.29. The van der Waals surface area contributed by atoms with Crippen LogP contribution in [0.2, 0.25) is 0 Å². The third kappa shape index (κ3) is 4.13. The molecule has 0 saturated carbocycles. The number of ether oxygens (including phenoxy) is 1. The highest BCUT2D eigenvalue weighted by atomic mass is 32.2. The highest BCUT2D eigenvalue weighted by Gasteiger charge is 2.42. The third-order valence-electron chi connectivity index (χ3n) is 4.46. The van der Waals surface area contributed by atoms with Crippen LogP contribution in [0.5, 0.6) is 0 Å². The largest absolute Gasteiger partial charge is 0.460 e. The van der Waals surface area contributed by atoms with E-state index in [1.165, 1.54) is 28.4 Å². The summed E-state index contributed by atoms with van der Waals surface area (Å²) in [6.45, 7) is 2.45. The Labute approximate surface area is 167 Å². The predicted octanol–water partition coefficient (Wildman–Crippen LogP) is 2.33. The van der Waals surface area contributed by atoms with Crippen LogP contribution >= 0.6 is 11.3 Å². The van der Waals surface area contributed by atoms with E-state index in [2.05, 4.69) is 0 Å². The zero-order chi connectivity index (χ0) is 20.3. The Morgan fingerprint density at radius 1 is 1.36 bits per heavy atom. The number of amides is 1. The molecule has 152 valence electrons. The summed E-state index contributed by atoms with van der Waals surface area (Å²) in [5.74, 6) is -1.17. The number of thiophene rings is 1. The maximum Gasteiger partial charge on any atom is 0.374 e. The van der Waals surface area contributed by atoms with E-state index in [0.29, 0.717) is 19.4 Å². The monoisotopic (exact) mass is 426 g/mol. The Morgan fingerprint density at radius 3 is 2.82 bits per heavy atom. The fourth-order valence-corrected chi connectivity index (χ4v) is 5.45. The quantitative estimate of drug-likeness (QED) is 0.631. The van der Waals surface area contributed by atoms with E-state index >= 15 is 0 Å². The van der Waals surface area contributed by atoms with Crippen LogP contribution < -0.4 is 0 Å². The molecule has 0 radical (unpaired) electrons. The third-order valence-corrected chi connectivity index (χ3v) is 7.10. The molecule has 0 bridgehead atoms. The zero-order valence-corrected chi connectivity index (χ0v) is 17.3. The van der Waals surface area contributed by atoms with Crippen molar-refractivity contribution in [3.05, 3.63) is 40.3 Å². The smallest absolute Gasteiger partial charge is 0.374 e. The Kier molecular flexibility index (Phi) is 6.21. The van der Waals surface area contributed by atoms with Gasteiger partial charge in [0.2, 0.25) is 16.8 Å². The van der Waals surface area contributed by atoms with Crippen molar-refractivity contribution in [2.24, 2.45) is 0 Å². The van der Waals surface area contributed by atoms with Crippen LogP contribution in [-0.2, 0) is 26.1 Å². The molecule has 1 fully saturated rings. The van der Waals surface area contributed by atoms with Gasteiger partial charge in [0, 0.05) is 18.5 Å². The topological polar surface area (TPSA) is 97.1 Å². The molecule has 0 spiro atoms. The molecule has 1 atom stereocenters. The van der Waals surface area contributed by atoms with Gasteiger partial charge in [-0.3, -0.25) is 4.79 Å². The molecule has 3 rings (SSSR count). The lowest BCUT2D eigenvalue weighted by atomic mass is 10.2. The maximum absolute atomic E-state index is 13.0. The molecule has 3 heterocycles. The Hall–Kier alpha value is -2.17. The number of likely N-dealkylation sites (N-methyl/N-ethyl adjacent to an activating group) is 1. The number of nitrogens with zero attached hydrogens (tertiary/aromatic N) is 2. The van der Waals surface area contributed by atoms with Gasteiger partial charge in [0.25, 0.3) is 10.0 Å². The summed E-state index contributed by atoms with van der Waals surface area (Å²) in [4.78, 5) is 27.2. The summed E-state index contributed by atoms with van der Waals surface area (Å²) in [5, 5.41) is 1.56. The summed E-state index contributed by atoms with van der Waals surface area (Å²) in [5.41, 5.74) is 0. The molecule has 8 nitrogen and oxygen atoms in total. The van der Waals surface area contributed by atoms with Gasteiger partial charge in [-0.05, 0) is 43.3 Å². The van der Waals surface area contributed by atoms with Crippen LogP contribution in [0, 0.1) is 0 Å². The first kappa shape index (κ1) is 20.6. The molecular weight excluding hydrogens is 404 g/mol. The van der Waals surface area contributed by atoms with Gasteiger partial charge in [-0.25, -0.2) is 13.2 Å². The molecule has 28 heavy (non-hydrogen) atoms. The molecule has 0 aromatic carbocycles. The highest BCUT2D eigenvalue weighted by molar-refractivity contribution is 7.89. The van der Waals surface area contributed by atoms with Crippen LogP contribution in [0.25, 0.3) is 0 Å². The normalized spacial score (nSPS) is 17.6. The molecule has 2 aromatic heterocycles. The fourth-order valence-electron chi connectivity index (χ4n) is 3.13. The Morgan fingerprint density at radius 2 is 2.14 bits per heavy atom. The van der Waals surface area contributed by atoms with Crippen LogP contribution in [0.1, 0.15) is 35.2 Å². The van der Waals surface area contributed by atoms with Gasteiger partial charge >= 0.3 is 5.97 Å². The minimum absolute atomic E-state index is 0.154. The average molecular weight is 427 g/mol. The molecule has 0 aliphatic carbocycles. The molecule has 1 aliphatic rings. The van der Waals surface area contributed by atoms with Crippen molar-refractivity contribution < 1.29 is 27.2 Å². The van der Waals surface area contributed by atoms with Crippen molar-refractivity contribution in [2.45, 2.75) is 37.4 Å². The first-order chi connectivity index (χ1) is 13.3. The second-order valence-electron chi connectivity index (χ2n) is 6.39. The molecule has 1 amide bonds. The summed E-state index contributed by atoms with van der Waals surface area (Å²) < 4.78 is 37.2. The van der Waals surface area contributed by atoms with Gasteiger partial charge in [0.15, 0.2) is 0 Å². The van der Waals surface area contributed by atoms with Crippen molar-refractivity contribution in [3.8, 4) is 0 Å². The second kappa shape index (κ2) is 8.46. The predicted molar refractivity (Wildman–Crippen MR) is 102 cm³/mol. The number of carbonyl (C=O) groups is 2. The van der Waals surface area contributed by atoms with Gasteiger partial charge in [-0.1, -0.05) is 6.07 Å². The summed E-state index contributed by atoms with van der Waals surface area (Å²) in [6, 6.07) is 5.53. The Balaban J connectivity index is 1.77. The van der Waals surface area contributed by atoms with E-state index in [9.17, 15) is 18.0 Å². The van der Waals surface area contributed by atoms with Crippen LogP contribution in [0.15, 0.2) is 39.2 Å². The SMILES string of the molecule is CCOC(=O)c1ccc(S(=O)(=O)N2CCCC2C(=O)N(C)Cc2cccs2)o1. The number of sulfonamides is 1. The first-order valence-corrected chi connectivity index (χ1v) is 11.2. The van der Waals surface area contributed by atoms with Gasteiger partial charge in [-0.15, -0.1) is 11.3 Å².